The Bertz CT molecular complexity index is 725. The van der Waals surface area contributed by atoms with E-state index >= 15 is 0 Å². The SMILES string of the molecule is Cc1ccc(O[C@@H](C)C(=O)N2CCN(c3ccccc3F)CC2)cc1. The minimum absolute atomic E-state index is 0.0336. The number of piperazine rings is 1. The molecule has 0 unspecified atom stereocenters. The predicted molar refractivity (Wildman–Crippen MR) is 96.5 cm³/mol. The Balaban J connectivity index is 1.56. The highest BCUT2D eigenvalue weighted by molar-refractivity contribution is 5.81. The molecular weight excluding hydrogens is 319 g/mol. The highest BCUT2D eigenvalue weighted by atomic mass is 19.1. The van der Waals surface area contributed by atoms with Crippen LogP contribution in [-0.4, -0.2) is 43.1 Å². The molecule has 132 valence electrons. The molecule has 1 aliphatic rings. The summed E-state index contributed by atoms with van der Waals surface area (Å²) in [4.78, 5) is 16.4. The summed E-state index contributed by atoms with van der Waals surface area (Å²) >= 11 is 0. The van der Waals surface area contributed by atoms with E-state index in [-0.39, 0.29) is 11.7 Å². The average molecular weight is 342 g/mol. The molecule has 0 radical (unpaired) electrons. The maximum atomic E-state index is 13.9. The molecule has 0 saturated carbocycles. The Labute approximate surface area is 147 Å². The van der Waals surface area contributed by atoms with Crippen molar-refractivity contribution in [2.24, 2.45) is 0 Å². The Kier molecular flexibility index (Phi) is 5.22. The quantitative estimate of drug-likeness (QED) is 0.855. The summed E-state index contributed by atoms with van der Waals surface area (Å²) in [5, 5.41) is 0. The minimum Gasteiger partial charge on any atom is -0.481 e. The third kappa shape index (κ3) is 4.10. The van der Waals surface area contributed by atoms with Gasteiger partial charge in [-0.1, -0.05) is 29.8 Å². The topological polar surface area (TPSA) is 32.8 Å². The number of anilines is 1. The van der Waals surface area contributed by atoms with E-state index in [4.69, 9.17) is 4.74 Å². The summed E-state index contributed by atoms with van der Waals surface area (Å²) in [7, 11) is 0. The summed E-state index contributed by atoms with van der Waals surface area (Å²) in [5.74, 6) is 0.434. The molecule has 2 aromatic carbocycles. The van der Waals surface area contributed by atoms with Crippen molar-refractivity contribution < 1.29 is 13.9 Å². The van der Waals surface area contributed by atoms with Crippen LogP contribution in [0.3, 0.4) is 0 Å². The first-order chi connectivity index (χ1) is 12.0. The molecule has 1 saturated heterocycles. The molecule has 5 heteroatoms. The van der Waals surface area contributed by atoms with Crippen molar-refractivity contribution in [3.63, 3.8) is 0 Å². The first kappa shape index (κ1) is 17.3. The van der Waals surface area contributed by atoms with Crippen molar-refractivity contribution in [1.29, 1.82) is 0 Å². The largest absolute Gasteiger partial charge is 0.481 e. The van der Waals surface area contributed by atoms with Gasteiger partial charge >= 0.3 is 0 Å². The molecule has 0 aromatic heterocycles. The van der Waals surface area contributed by atoms with Gasteiger partial charge in [-0.3, -0.25) is 4.79 Å². The first-order valence-electron chi connectivity index (χ1n) is 8.56. The zero-order chi connectivity index (χ0) is 17.8. The lowest BCUT2D eigenvalue weighted by Crippen LogP contribution is -2.52. The van der Waals surface area contributed by atoms with Gasteiger partial charge in [-0.15, -0.1) is 0 Å². The van der Waals surface area contributed by atoms with E-state index in [9.17, 15) is 9.18 Å². The van der Waals surface area contributed by atoms with E-state index in [1.807, 2.05) is 42.2 Å². The van der Waals surface area contributed by atoms with Crippen LogP contribution in [0.1, 0.15) is 12.5 Å². The van der Waals surface area contributed by atoms with E-state index in [0.29, 0.717) is 37.6 Å². The number of aryl methyl sites for hydroxylation is 1. The minimum atomic E-state index is -0.539. The Hall–Kier alpha value is -2.56. The molecule has 2 aromatic rings. The monoisotopic (exact) mass is 342 g/mol. The molecule has 1 heterocycles. The molecule has 0 bridgehead atoms. The van der Waals surface area contributed by atoms with Gasteiger partial charge in [0.25, 0.3) is 5.91 Å². The number of halogens is 1. The number of rotatable bonds is 4. The highest BCUT2D eigenvalue weighted by Crippen LogP contribution is 2.21. The second-order valence-electron chi connectivity index (χ2n) is 6.34. The maximum absolute atomic E-state index is 13.9. The van der Waals surface area contributed by atoms with Gasteiger partial charge in [0, 0.05) is 26.2 Å². The van der Waals surface area contributed by atoms with E-state index in [0.717, 1.165) is 5.56 Å². The van der Waals surface area contributed by atoms with Crippen LogP contribution in [0.4, 0.5) is 10.1 Å². The van der Waals surface area contributed by atoms with Crippen LogP contribution < -0.4 is 9.64 Å². The Morgan fingerprint density at radius 3 is 2.32 bits per heavy atom. The van der Waals surface area contributed by atoms with Crippen molar-refractivity contribution in [2.75, 3.05) is 31.1 Å². The number of hydrogen-bond acceptors (Lipinski definition) is 3. The van der Waals surface area contributed by atoms with Gasteiger partial charge < -0.3 is 14.5 Å². The summed E-state index contributed by atoms with van der Waals surface area (Å²) in [6, 6.07) is 14.4. The molecule has 1 atom stereocenters. The van der Waals surface area contributed by atoms with E-state index < -0.39 is 6.10 Å². The Morgan fingerprint density at radius 2 is 1.68 bits per heavy atom. The smallest absolute Gasteiger partial charge is 0.263 e. The van der Waals surface area contributed by atoms with Crippen LogP contribution in [0.2, 0.25) is 0 Å². The molecule has 0 N–H and O–H groups in total. The lowest BCUT2D eigenvalue weighted by molar-refractivity contribution is -0.138. The molecule has 1 amide bonds. The van der Waals surface area contributed by atoms with Gasteiger partial charge in [0.2, 0.25) is 0 Å². The Morgan fingerprint density at radius 1 is 1.04 bits per heavy atom. The summed E-state index contributed by atoms with van der Waals surface area (Å²) in [6.07, 6.45) is -0.539. The van der Waals surface area contributed by atoms with E-state index in [2.05, 4.69) is 0 Å². The normalized spacial score (nSPS) is 15.8. The van der Waals surface area contributed by atoms with Crippen molar-refractivity contribution >= 4 is 11.6 Å². The number of amides is 1. The number of carbonyl (C=O) groups excluding carboxylic acids is 1. The average Bonchev–Trinajstić information content (AvgIpc) is 2.63. The third-order valence-electron chi connectivity index (χ3n) is 4.47. The van der Waals surface area contributed by atoms with Crippen molar-refractivity contribution in [2.45, 2.75) is 20.0 Å². The lowest BCUT2D eigenvalue weighted by atomic mass is 10.2. The fraction of sp³-hybridized carbons (Fsp3) is 0.350. The van der Waals surface area contributed by atoms with Gasteiger partial charge in [-0.2, -0.15) is 0 Å². The van der Waals surface area contributed by atoms with Gasteiger partial charge in [0.1, 0.15) is 11.6 Å². The zero-order valence-corrected chi connectivity index (χ0v) is 14.6. The zero-order valence-electron chi connectivity index (χ0n) is 14.6. The molecular formula is C20H23FN2O2. The van der Waals surface area contributed by atoms with Crippen LogP contribution in [0.15, 0.2) is 48.5 Å². The van der Waals surface area contributed by atoms with E-state index in [1.54, 1.807) is 24.0 Å². The van der Waals surface area contributed by atoms with Crippen LogP contribution in [0.25, 0.3) is 0 Å². The number of para-hydroxylation sites is 1. The molecule has 0 spiro atoms. The van der Waals surface area contributed by atoms with Crippen molar-refractivity contribution in [1.82, 2.24) is 4.90 Å². The van der Waals surface area contributed by atoms with Gasteiger partial charge in [0.15, 0.2) is 6.10 Å². The number of ether oxygens (including phenoxy) is 1. The number of hydrogen-bond donors (Lipinski definition) is 0. The molecule has 1 fully saturated rings. The van der Waals surface area contributed by atoms with Gasteiger partial charge in [0.05, 0.1) is 5.69 Å². The lowest BCUT2D eigenvalue weighted by Gasteiger charge is -2.37. The molecule has 25 heavy (non-hydrogen) atoms. The molecule has 1 aliphatic heterocycles. The standard InChI is InChI=1S/C20H23FN2O2/c1-15-7-9-17(10-8-15)25-16(2)20(24)23-13-11-22(12-14-23)19-6-4-3-5-18(19)21/h3-10,16H,11-14H2,1-2H3/t16-/m0/s1. The van der Waals surface area contributed by atoms with Crippen LogP contribution in [0.5, 0.6) is 5.75 Å². The summed E-state index contributed by atoms with van der Waals surface area (Å²) in [5.41, 5.74) is 1.74. The number of nitrogens with zero attached hydrogens (tertiary/aromatic N) is 2. The maximum Gasteiger partial charge on any atom is 0.263 e. The molecule has 0 aliphatic carbocycles. The van der Waals surface area contributed by atoms with Crippen LogP contribution in [-0.2, 0) is 4.79 Å². The first-order valence-corrected chi connectivity index (χ1v) is 8.56. The van der Waals surface area contributed by atoms with Crippen molar-refractivity contribution in [3.05, 3.63) is 59.9 Å². The summed E-state index contributed by atoms with van der Waals surface area (Å²) < 4.78 is 19.6. The third-order valence-corrected chi connectivity index (χ3v) is 4.47. The van der Waals surface area contributed by atoms with E-state index in [1.165, 1.54) is 6.07 Å². The van der Waals surface area contributed by atoms with Crippen molar-refractivity contribution in [3.8, 4) is 5.75 Å². The molecule has 3 rings (SSSR count). The fourth-order valence-electron chi connectivity index (χ4n) is 3.00. The fourth-order valence-corrected chi connectivity index (χ4v) is 3.00. The second-order valence-corrected chi connectivity index (χ2v) is 6.34. The van der Waals surface area contributed by atoms with Gasteiger partial charge in [-0.25, -0.2) is 4.39 Å². The summed E-state index contributed by atoms with van der Waals surface area (Å²) in [6.45, 7) is 6.14. The van der Waals surface area contributed by atoms with Crippen LogP contribution >= 0.6 is 0 Å². The number of benzene rings is 2. The highest BCUT2D eigenvalue weighted by Gasteiger charge is 2.26. The number of carbonyl (C=O) groups is 1. The second kappa shape index (κ2) is 7.55. The van der Waals surface area contributed by atoms with Gasteiger partial charge in [-0.05, 0) is 38.1 Å². The predicted octanol–water partition coefficient (Wildman–Crippen LogP) is 3.25. The van der Waals surface area contributed by atoms with Crippen LogP contribution in [0, 0.1) is 12.7 Å². The molecule has 4 nitrogen and oxygen atoms in total.